The molecule has 1 heterocycles. The fourth-order valence-electron chi connectivity index (χ4n) is 3.53. The zero-order valence-electron chi connectivity index (χ0n) is 17.4. The maximum absolute atomic E-state index is 12.3. The van der Waals surface area contributed by atoms with Gasteiger partial charge in [-0.2, -0.15) is 0 Å². The Hall–Kier alpha value is -3.77. The fraction of sp³-hybridized carbons (Fsp3) is 0.120. The summed E-state index contributed by atoms with van der Waals surface area (Å²) in [6, 6.07) is 16.0. The van der Waals surface area contributed by atoms with Crippen molar-refractivity contribution in [3.8, 4) is 11.5 Å². The maximum atomic E-state index is 12.3. The molecule has 0 aliphatic heterocycles. The van der Waals surface area contributed by atoms with Gasteiger partial charge in [-0.05, 0) is 40.6 Å². The summed E-state index contributed by atoms with van der Waals surface area (Å²) in [6.07, 6.45) is 2.84. The van der Waals surface area contributed by atoms with Gasteiger partial charge in [0, 0.05) is 23.1 Å². The van der Waals surface area contributed by atoms with Gasteiger partial charge < -0.3 is 18.6 Å². The van der Waals surface area contributed by atoms with Gasteiger partial charge in [0.25, 0.3) is 0 Å². The van der Waals surface area contributed by atoms with Crippen molar-refractivity contribution < 1.29 is 23.4 Å². The van der Waals surface area contributed by atoms with Crippen LogP contribution in [0.2, 0.25) is 5.02 Å². The second kappa shape index (κ2) is 9.16. The molecule has 32 heavy (non-hydrogen) atoms. The molecular weight excluding hydrogens is 432 g/mol. The van der Waals surface area contributed by atoms with Crippen LogP contribution in [0.3, 0.4) is 0 Å². The molecule has 4 aromatic rings. The number of carbonyl (C=O) groups is 1. The Labute approximate surface area is 188 Å². The van der Waals surface area contributed by atoms with Crippen LogP contribution in [0.15, 0.2) is 69.9 Å². The summed E-state index contributed by atoms with van der Waals surface area (Å²) in [5.41, 5.74) is 1.15. The predicted molar refractivity (Wildman–Crippen MR) is 123 cm³/mol. The maximum Gasteiger partial charge on any atom is 0.336 e. The Morgan fingerprint density at radius 3 is 2.66 bits per heavy atom. The van der Waals surface area contributed by atoms with Crippen molar-refractivity contribution in [2.45, 2.75) is 6.61 Å². The van der Waals surface area contributed by atoms with Crippen LogP contribution in [-0.4, -0.2) is 20.2 Å². The molecule has 0 radical (unpaired) electrons. The second-order valence-corrected chi connectivity index (χ2v) is 7.34. The first-order chi connectivity index (χ1) is 15.5. The molecule has 0 saturated carbocycles. The van der Waals surface area contributed by atoms with Crippen LogP contribution in [0, 0.1) is 0 Å². The third kappa shape index (κ3) is 4.31. The number of hydrogen-bond donors (Lipinski definition) is 0. The Morgan fingerprint density at radius 2 is 1.88 bits per heavy atom. The molecular formula is C25H19ClO6. The normalized spacial score (nSPS) is 11.2. The number of rotatable bonds is 6. The van der Waals surface area contributed by atoms with Gasteiger partial charge in [0.05, 0.1) is 19.2 Å². The van der Waals surface area contributed by atoms with Crippen LogP contribution < -0.4 is 15.1 Å². The van der Waals surface area contributed by atoms with Gasteiger partial charge in [-0.1, -0.05) is 41.9 Å². The smallest absolute Gasteiger partial charge is 0.336 e. The van der Waals surface area contributed by atoms with Crippen LogP contribution in [0.25, 0.3) is 27.8 Å². The lowest BCUT2D eigenvalue weighted by molar-refractivity contribution is -0.138. The molecule has 0 unspecified atom stereocenters. The molecule has 0 aliphatic rings. The van der Waals surface area contributed by atoms with E-state index in [0.29, 0.717) is 33.2 Å². The molecule has 4 rings (SSSR count). The third-order valence-electron chi connectivity index (χ3n) is 4.95. The van der Waals surface area contributed by atoms with E-state index in [4.69, 9.17) is 30.2 Å². The van der Waals surface area contributed by atoms with E-state index in [1.165, 1.54) is 26.4 Å². The molecule has 0 aliphatic carbocycles. The highest BCUT2D eigenvalue weighted by atomic mass is 35.5. The molecule has 1 aromatic heterocycles. The molecule has 0 N–H and O–H groups in total. The number of halogens is 1. The standard InChI is InChI=1S/C25H19ClO6/c1-29-21-12-15(11-19(26)25(21)30-2)7-10-22(27)31-14-17-13-23(28)32-20-9-8-16-5-3-4-6-18(16)24(17)20/h3-13H,14H2,1-2H3. The highest BCUT2D eigenvalue weighted by molar-refractivity contribution is 6.32. The quantitative estimate of drug-likeness (QED) is 0.170. The topological polar surface area (TPSA) is 75.0 Å². The zero-order chi connectivity index (χ0) is 22.7. The summed E-state index contributed by atoms with van der Waals surface area (Å²) in [6.45, 7) is -0.0774. The first kappa shape index (κ1) is 21.5. The summed E-state index contributed by atoms with van der Waals surface area (Å²) in [5.74, 6) is 0.288. The van der Waals surface area contributed by atoms with Gasteiger partial charge >= 0.3 is 11.6 Å². The molecule has 0 atom stereocenters. The van der Waals surface area contributed by atoms with Crippen molar-refractivity contribution in [2.75, 3.05) is 14.2 Å². The van der Waals surface area contributed by atoms with Crippen LogP contribution >= 0.6 is 11.6 Å². The molecule has 0 saturated heterocycles. The predicted octanol–water partition coefficient (Wildman–Crippen LogP) is 5.37. The van der Waals surface area contributed by atoms with Gasteiger partial charge in [-0.15, -0.1) is 0 Å². The highest BCUT2D eigenvalue weighted by Gasteiger charge is 2.12. The Bertz CT molecular complexity index is 1400. The zero-order valence-corrected chi connectivity index (χ0v) is 18.1. The van der Waals surface area contributed by atoms with Crippen LogP contribution in [0.4, 0.5) is 0 Å². The largest absolute Gasteiger partial charge is 0.493 e. The summed E-state index contributed by atoms with van der Waals surface area (Å²) in [4.78, 5) is 24.3. The van der Waals surface area contributed by atoms with Crippen molar-refractivity contribution in [3.63, 3.8) is 0 Å². The number of fused-ring (bicyclic) bond motifs is 3. The van der Waals surface area contributed by atoms with Crippen LogP contribution in [0.5, 0.6) is 11.5 Å². The summed E-state index contributed by atoms with van der Waals surface area (Å²) in [5, 5.41) is 3.00. The Balaban J connectivity index is 1.58. The fourth-order valence-corrected chi connectivity index (χ4v) is 3.83. The van der Waals surface area contributed by atoms with E-state index in [-0.39, 0.29) is 6.61 Å². The molecule has 7 heteroatoms. The molecule has 0 spiro atoms. The van der Waals surface area contributed by atoms with E-state index in [0.717, 1.165) is 16.2 Å². The van der Waals surface area contributed by atoms with E-state index in [9.17, 15) is 9.59 Å². The van der Waals surface area contributed by atoms with Gasteiger partial charge in [0.2, 0.25) is 0 Å². The SMILES string of the molecule is COc1cc(C=CC(=O)OCc2cc(=O)oc3ccc4ccccc4c23)cc(Cl)c1OC. The highest BCUT2D eigenvalue weighted by Crippen LogP contribution is 2.36. The number of ether oxygens (including phenoxy) is 3. The van der Waals surface area contributed by atoms with Gasteiger partial charge in [-0.25, -0.2) is 9.59 Å². The average Bonchev–Trinajstić information content (AvgIpc) is 2.80. The number of carbonyl (C=O) groups excluding carboxylic acids is 1. The number of esters is 1. The van der Waals surface area contributed by atoms with E-state index < -0.39 is 11.6 Å². The monoisotopic (exact) mass is 450 g/mol. The first-order valence-electron chi connectivity index (χ1n) is 9.71. The van der Waals surface area contributed by atoms with E-state index in [2.05, 4.69) is 0 Å². The van der Waals surface area contributed by atoms with Crippen molar-refractivity contribution in [1.29, 1.82) is 0 Å². The Kier molecular flexibility index (Phi) is 6.14. The van der Waals surface area contributed by atoms with E-state index in [1.807, 2.05) is 30.3 Å². The van der Waals surface area contributed by atoms with Gasteiger partial charge in [0.15, 0.2) is 11.5 Å². The lowest BCUT2D eigenvalue weighted by Crippen LogP contribution is -2.06. The molecule has 0 bridgehead atoms. The third-order valence-corrected chi connectivity index (χ3v) is 5.23. The average molecular weight is 451 g/mol. The van der Waals surface area contributed by atoms with Gasteiger partial charge in [0.1, 0.15) is 12.2 Å². The van der Waals surface area contributed by atoms with Crippen LogP contribution in [0.1, 0.15) is 11.1 Å². The van der Waals surface area contributed by atoms with E-state index in [1.54, 1.807) is 24.3 Å². The number of hydrogen-bond acceptors (Lipinski definition) is 6. The first-order valence-corrected chi connectivity index (χ1v) is 10.1. The lowest BCUT2D eigenvalue weighted by atomic mass is 10.0. The molecule has 6 nitrogen and oxygen atoms in total. The molecule has 0 fully saturated rings. The molecule has 0 amide bonds. The second-order valence-electron chi connectivity index (χ2n) is 6.93. The van der Waals surface area contributed by atoms with Crippen LogP contribution in [-0.2, 0) is 16.1 Å². The Morgan fingerprint density at radius 1 is 1.06 bits per heavy atom. The summed E-state index contributed by atoms with van der Waals surface area (Å²) < 4.78 is 21.2. The van der Waals surface area contributed by atoms with Crippen molar-refractivity contribution in [1.82, 2.24) is 0 Å². The number of benzene rings is 3. The van der Waals surface area contributed by atoms with Crippen molar-refractivity contribution in [2.24, 2.45) is 0 Å². The van der Waals surface area contributed by atoms with E-state index >= 15 is 0 Å². The summed E-state index contributed by atoms with van der Waals surface area (Å²) >= 11 is 6.19. The lowest BCUT2D eigenvalue weighted by Gasteiger charge is -2.10. The minimum absolute atomic E-state index is 0.0774. The summed E-state index contributed by atoms with van der Waals surface area (Å²) in [7, 11) is 2.99. The molecule has 3 aromatic carbocycles. The number of methoxy groups -OCH3 is 2. The minimum atomic E-state index is -0.572. The van der Waals surface area contributed by atoms with Crippen molar-refractivity contribution >= 4 is 45.4 Å². The molecule has 162 valence electrons. The van der Waals surface area contributed by atoms with Crippen molar-refractivity contribution in [3.05, 3.63) is 87.2 Å². The minimum Gasteiger partial charge on any atom is -0.493 e. The van der Waals surface area contributed by atoms with Gasteiger partial charge in [-0.3, -0.25) is 0 Å².